The molecule has 0 radical (unpaired) electrons. The first-order chi connectivity index (χ1) is 24.4. The molecule has 51 heavy (non-hydrogen) atoms. The molecule has 1 fully saturated rings. The zero-order chi connectivity index (χ0) is 36.2. The van der Waals surface area contributed by atoms with Crippen molar-refractivity contribution in [2.45, 2.75) is 64.6 Å². The number of piperidine rings is 1. The van der Waals surface area contributed by atoms with Crippen LogP contribution in [0.3, 0.4) is 0 Å². The van der Waals surface area contributed by atoms with E-state index in [1.54, 1.807) is 65.8 Å². The number of nitrogens with one attached hydrogen (secondary N) is 2. The average Bonchev–Trinajstić information content (AvgIpc) is 3.09. The van der Waals surface area contributed by atoms with Crippen LogP contribution in [0.25, 0.3) is 22.0 Å². The van der Waals surface area contributed by atoms with E-state index < -0.39 is 22.3 Å². The Balaban J connectivity index is 1.24. The van der Waals surface area contributed by atoms with Gasteiger partial charge in [-0.15, -0.1) is 0 Å². The number of hydrogen-bond acceptors (Lipinski definition) is 9. The monoisotopic (exact) mass is 712 g/mol. The van der Waals surface area contributed by atoms with Crippen LogP contribution < -0.4 is 14.8 Å². The molecule has 0 saturated carbocycles. The molecule has 3 heterocycles. The third kappa shape index (κ3) is 8.72. The van der Waals surface area contributed by atoms with E-state index >= 15 is 0 Å². The molecule has 6 rings (SSSR count). The zero-order valence-electron chi connectivity index (χ0n) is 29.0. The lowest BCUT2D eigenvalue weighted by Gasteiger charge is -2.34. The number of carbonyl (C=O) groups is 1. The number of fused-ring (bicyclic) bond motifs is 1. The largest absolute Gasteiger partial charge is 0.444 e. The fraction of sp³-hybridized carbons (Fsp3) is 0.316. The number of pyridine rings is 1. The zero-order valence-corrected chi connectivity index (χ0v) is 29.8. The van der Waals surface area contributed by atoms with Gasteiger partial charge < -0.3 is 19.7 Å². The summed E-state index contributed by atoms with van der Waals surface area (Å²) in [4.78, 5) is 28.2. The van der Waals surface area contributed by atoms with Crippen molar-refractivity contribution < 1.29 is 27.1 Å². The minimum Gasteiger partial charge on any atom is -0.444 e. The second-order valence-electron chi connectivity index (χ2n) is 13.5. The van der Waals surface area contributed by atoms with Crippen LogP contribution in [-0.4, -0.2) is 59.1 Å². The fourth-order valence-electron chi connectivity index (χ4n) is 6.01. The molecule has 5 aromatic rings. The number of anilines is 2. The second-order valence-corrected chi connectivity index (χ2v) is 15.2. The van der Waals surface area contributed by atoms with Crippen LogP contribution in [0, 0.1) is 6.92 Å². The number of nitrogens with zero attached hydrogens (tertiary/aromatic N) is 4. The topological polar surface area (TPSA) is 136 Å². The van der Waals surface area contributed by atoms with Crippen molar-refractivity contribution in [2.24, 2.45) is 0 Å². The highest BCUT2D eigenvalue weighted by molar-refractivity contribution is 7.91. The smallest absolute Gasteiger partial charge is 0.410 e. The molecule has 1 aliphatic heterocycles. The fourth-order valence-corrected chi connectivity index (χ4v) is 7.29. The maximum Gasteiger partial charge on any atom is 0.410 e. The van der Waals surface area contributed by atoms with Crippen molar-refractivity contribution in [3.63, 3.8) is 0 Å². The van der Waals surface area contributed by atoms with Crippen LogP contribution in [0.4, 0.5) is 20.8 Å². The molecule has 1 aliphatic rings. The van der Waals surface area contributed by atoms with Crippen molar-refractivity contribution in [1.82, 2.24) is 19.9 Å². The molecule has 1 atom stereocenters. The quantitative estimate of drug-likeness (QED) is 0.148. The predicted octanol–water partition coefficient (Wildman–Crippen LogP) is 8.02. The van der Waals surface area contributed by atoms with E-state index in [-0.39, 0.29) is 17.9 Å². The molecular formula is C38H41FN6O5S. The summed E-state index contributed by atoms with van der Waals surface area (Å²) in [6, 6.07) is 20.9. The first-order valence-electron chi connectivity index (χ1n) is 16.8. The molecular weight excluding hydrogens is 672 g/mol. The van der Waals surface area contributed by atoms with Gasteiger partial charge in [-0.1, -0.05) is 48.5 Å². The van der Waals surface area contributed by atoms with Gasteiger partial charge in [0, 0.05) is 42.3 Å². The molecule has 3 aromatic carbocycles. The van der Waals surface area contributed by atoms with Crippen molar-refractivity contribution in [1.29, 1.82) is 0 Å². The Morgan fingerprint density at radius 1 is 0.961 bits per heavy atom. The molecule has 2 aromatic heterocycles. The highest BCUT2D eigenvalue weighted by Crippen LogP contribution is 2.39. The molecule has 2 N–H and O–H groups in total. The van der Waals surface area contributed by atoms with E-state index in [9.17, 15) is 17.6 Å². The first kappa shape index (κ1) is 35.5. The summed E-state index contributed by atoms with van der Waals surface area (Å²) in [6.07, 6.45) is 4.61. The summed E-state index contributed by atoms with van der Waals surface area (Å²) in [6.45, 7) is 7.79. The number of alkyl halides is 1. The Morgan fingerprint density at radius 2 is 1.76 bits per heavy atom. The number of likely N-dealkylation sites (tertiary alicyclic amines) is 1. The molecule has 266 valence electrons. The van der Waals surface area contributed by atoms with E-state index in [1.165, 1.54) is 0 Å². The van der Waals surface area contributed by atoms with Crippen LogP contribution in [-0.2, 0) is 27.2 Å². The normalized spacial score (nSPS) is 15.0. The molecule has 0 spiro atoms. The van der Waals surface area contributed by atoms with Gasteiger partial charge in [-0.3, -0.25) is 4.72 Å². The van der Waals surface area contributed by atoms with Gasteiger partial charge in [0.25, 0.3) is 0 Å². The van der Waals surface area contributed by atoms with Crippen LogP contribution in [0.5, 0.6) is 11.6 Å². The summed E-state index contributed by atoms with van der Waals surface area (Å²) in [5, 5.41) is 4.68. The van der Waals surface area contributed by atoms with Crippen molar-refractivity contribution in [3.05, 3.63) is 102 Å². The summed E-state index contributed by atoms with van der Waals surface area (Å²) in [5.41, 5.74) is 2.55. The van der Waals surface area contributed by atoms with Gasteiger partial charge >= 0.3 is 6.09 Å². The number of aromatic nitrogens is 3. The molecule has 1 saturated heterocycles. The molecule has 1 unspecified atom stereocenters. The maximum absolute atomic E-state index is 13.5. The summed E-state index contributed by atoms with van der Waals surface area (Å²) in [7, 11) is -3.88. The Hall–Kier alpha value is -5.30. The number of amides is 1. The third-order valence-electron chi connectivity index (χ3n) is 8.39. The summed E-state index contributed by atoms with van der Waals surface area (Å²) >= 11 is 0. The van der Waals surface area contributed by atoms with E-state index in [0.717, 1.165) is 18.4 Å². The highest BCUT2D eigenvalue weighted by atomic mass is 32.2. The minimum atomic E-state index is -3.88. The van der Waals surface area contributed by atoms with Gasteiger partial charge in [-0.25, -0.2) is 32.6 Å². The molecule has 1 amide bonds. The lowest BCUT2D eigenvalue weighted by molar-refractivity contribution is 0.0206. The first-order valence-corrected chi connectivity index (χ1v) is 18.4. The van der Waals surface area contributed by atoms with E-state index in [1.807, 2.05) is 52.0 Å². The van der Waals surface area contributed by atoms with E-state index in [0.29, 0.717) is 69.5 Å². The van der Waals surface area contributed by atoms with Crippen LogP contribution in [0.15, 0.2) is 85.2 Å². The van der Waals surface area contributed by atoms with Gasteiger partial charge in [-0.05, 0) is 81.5 Å². The number of carbonyl (C=O) groups excluding carboxylic acids is 1. The van der Waals surface area contributed by atoms with Crippen LogP contribution in [0.1, 0.15) is 50.3 Å². The van der Waals surface area contributed by atoms with Gasteiger partial charge in [-0.2, -0.15) is 0 Å². The molecule has 0 aliphatic carbocycles. The van der Waals surface area contributed by atoms with E-state index in [4.69, 9.17) is 14.5 Å². The second kappa shape index (κ2) is 14.9. The van der Waals surface area contributed by atoms with Gasteiger partial charge in [0.05, 0.1) is 22.7 Å². The average molecular weight is 713 g/mol. The third-order valence-corrected chi connectivity index (χ3v) is 9.61. The SMILES string of the molecule is Cc1ccc2c(NS(=O)(=O)Cc3ccccc3CF)cccc2c1Oc1ncccc1-c1ccnc(NC2CCCN(C(=O)OC(C)(C)C)C2)n1. The van der Waals surface area contributed by atoms with Crippen LogP contribution >= 0.6 is 0 Å². The van der Waals surface area contributed by atoms with Crippen molar-refractivity contribution in [3.8, 4) is 22.9 Å². The Bertz CT molecular complexity index is 2160. The Labute approximate surface area is 297 Å². The summed E-state index contributed by atoms with van der Waals surface area (Å²) < 4.78 is 54.8. The molecule has 0 bridgehead atoms. The number of aryl methyl sites for hydroxylation is 1. The van der Waals surface area contributed by atoms with Gasteiger partial charge in [0.1, 0.15) is 18.0 Å². The number of halogens is 1. The number of benzene rings is 3. The molecule has 11 nitrogen and oxygen atoms in total. The molecule has 13 heteroatoms. The van der Waals surface area contributed by atoms with Gasteiger partial charge in [0.15, 0.2) is 0 Å². The standard InChI is InChI=1S/C38H41FN6O5S/c1-25-16-17-29-30(13-7-15-33(29)44-51(47,48)24-27-11-6-5-10-26(27)22-39)34(25)49-35-31(14-8-19-40-35)32-18-20-41-36(43-32)42-28-12-9-21-45(23-28)37(46)50-38(2,3)4/h5-8,10-11,13-20,28,44H,9,12,21-24H2,1-4H3,(H,41,42,43). The maximum atomic E-state index is 13.5. The van der Waals surface area contributed by atoms with E-state index in [2.05, 4.69) is 20.0 Å². The number of hydrogen-bond donors (Lipinski definition) is 2. The Kier molecular flexibility index (Phi) is 10.4. The predicted molar refractivity (Wildman–Crippen MR) is 196 cm³/mol. The lowest BCUT2D eigenvalue weighted by Crippen LogP contribution is -2.47. The number of ether oxygens (including phenoxy) is 2. The number of rotatable bonds is 10. The van der Waals surface area contributed by atoms with Crippen molar-refractivity contribution >= 4 is 38.5 Å². The van der Waals surface area contributed by atoms with Crippen molar-refractivity contribution in [2.75, 3.05) is 23.1 Å². The van der Waals surface area contributed by atoms with Crippen LogP contribution in [0.2, 0.25) is 0 Å². The highest BCUT2D eigenvalue weighted by Gasteiger charge is 2.28. The summed E-state index contributed by atoms with van der Waals surface area (Å²) in [5.74, 6) is 0.855. The number of sulfonamides is 1. The van der Waals surface area contributed by atoms with Gasteiger partial charge in [0.2, 0.25) is 21.9 Å². The lowest BCUT2D eigenvalue weighted by atomic mass is 10.0. The minimum absolute atomic E-state index is 0.0606. The Morgan fingerprint density at radius 3 is 2.55 bits per heavy atom.